The van der Waals surface area contributed by atoms with Crippen LogP contribution in [0, 0.1) is 0 Å². The second-order valence-corrected chi connectivity index (χ2v) is 3.49. The molecule has 80 valence electrons. The molecule has 14 heavy (non-hydrogen) atoms. The molecule has 0 atom stereocenters. The smallest absolute Gasteiger partial charge is 0.315 e. The largest absolute Gasteiger partial charge is 0.327 e. The maximum absolute atomic E-state index is 11.4. The lowest BCUT2D eigenvalue weighted by atomic mass is 10.3. The van der Waals surface area contributed by atoms with Gasteiger partial charge in [-0.3, -0.25) is 4.57 Å². The molecule has 0 aliphatic rings. The van der Waals surface area contributed by atoms with Gasteiger partial charge < -0.3 is 9.88 Å². The molecule has 1 heterocycles. The topological polar surface area (TPSA) is 39.0 Å². The fraction of sp³-hybridized carbons (Fsp3) is 0.700. The molecule has 0 fully saturated rings. The number of unbranched alkanes of at least 4 members (excludes halogenated alkanes) is 1. The van der Waals surface area contributed by atoms with Gasteiger partial charge in [0.15, 0.2) is 0 Å². The molecule has 1 N–H and O–H groups in total. The second-order valence-electron chi connectivity index (χ2n) is 3.49. The van der Waals surface area contributed by atoms with Crippen LogP contribution < -0.4 is 11.0 Å². The first-order valence-corrected chi connectivity index (χ1v) is 5.18. The fourth-order valence-corrected chi connectivity index (χ4v) is 1.31. The van der Waals surface area contributed by atoms with E-state index in [1.54, 1.807) is 22.4 Å². The Balaban J connectivity index is 2.25. The van der Waals surface area contributed by atoms with Crippen LogP contribution in [-0.4, -0.2) is 22.2 Å². The predicted octanol–water partition coefficient (Wildman–Crippen LogP) is 0.577. The molecule has 1 aromatic rings. The first-order chi connectivity index (χ1) is 6.75. The summed E-state index contributed by atoms with van der Waals surface area (Å²) in [7, 11) is 1.77. The van der Waals surface area contributed by atoms with Crippen LogP contribution in [0.5, 0.6) is 0 Å². The molecule has 0 aromatic carbocycles. The molecule has 0 amide bonds. The van der Waals surface area contributed by atoms with E-state index in [4.69, 9.17) is 0 Å². The van der Waals surface area contributed by atoms with E-state index in [1.807, 2.05) is 6.20 Å². The Kier molecular flexibility index (Phi) is 4.46. The molecule has 0 aliphatic carbocycles. The highest BCUT2D eigenvalue weighted by Gasteiger charge is 1.97. The standard InChI is InChI=1S/C10H19N3O/c1-3-4-5-11-6-7-13-9-8-12(2)10(13)14/h8-9,11H,3-7H2,1-2H3. The Labute approximate surface area is 84.5 Å². The molecule has 1 aromatic heterocycles. The summed E-state index contributed by atoms with van der Waals surface area (Å²) in [6.45, 7) is 4.83. The van der Waals surface area contributed by atoms with Crippen molar-refractivity contribution in [2.75, 3.05) is 13.1 Å². The van der Waals surface area contributed by atoms with Crippen molar-refractivity contribution in [3.63, 3.8) is 0 Å². The normalized spacial score (nSPS) is 10.7. The van der Waals surface area contributed by atoms with Gasteiger partial charge in [-0.2, -0.15) is 0 Å². The third-order valence-corrected chi connectivity index (χ3v) is 2.25. The Bertz CT molecular complexity index is 313. The van der Waals surface area contributed by atoms with Gasteiger partial charge in [-0.05, 0) is 13.0 Å². The van der Waals surface area contributed by atoms with E-state index in [9.17, 15) is 4.79 Å². The van der Waals surface area contributed by atoms with Crippen molar-refractivity contribution in [2.24, 2.45) is 7.05 Å². The summed E-state index contributed by atoms with van der Waals surface area (Å²) in [6, 6.07) is 0. The molecule has 0 aliphatic heterocycles. The third kappa shape index (κ3) is 3.03. The number of aromatic nitrogens is 2. The van der Waals surface area contributed by atoms with Crippen LogP contribution in [0.15, 0.2) is 17.2 Å². The maximum Gasteiger partial charge on any atom is 0.327 e. The van der Waals surface area contributed by atoms with E-state index >= 15 is 0 Å². The van der Waals surface area contributed by atoms with Crippen molar-refractivity contribution < 1.29 is 0 Å². The van der Waals surface area contributed by atoms with Crippen molar-refractivity contribution >= 4 is 0 Å². The molecule has 0 saturated carbocycles. The van der Waals surface area contributed by atoms with E-state index in [2.05, 4.69) is 12.2 Å². The lowest BCUT2D eigenvalue weighted by Crippen LogP contribution is -2.27. The minimum Gasteiger partial charge on any atom is -0.315 e. The van der Waals surface area contributed by atoms with E-state index in [0.717, 1.165) is 19.6 Å². The maximum atomic E-state index is 11.4. The third-order valence-electron chi connectivity index (χ3n) is 2.25. The number of hydrogen-bond donors (Lipinski definition) is 1. The summed E-state index contributed by atoms with van der Waals surface area (Å²) in [5.74, 6) is 0. The number of rotatable bonds is 6. The number of aryl methyl sites for hydroxylation is 1. The van der Waals surface area contributed by atoms with Gasteiger partial charge in [-0.25, -0.2) is 4.79 Å². The zero-order chi connectivity index (χ0) is 10.4. The Morgan fingerprint density at radius 1 is 1.36 bits per heavy atom. The Morgan fingerprint density at radius 3 is 2.71 bits per heavy atom. The van der Waals surface area contributed by atoms with E-state index < -0.39 is 0 Å². The zero-order valence-electron chi connectivity index (χ0n) is 8.99. The average molecular weight is 197 g/mol. The van der Waals surface area contributed by atoms with Crippen LogP contribution in [0.1, 0.15) is 19.8 Å². The van der Waals surface area contributed by atoms with Crippen LogP contribution in [0.3, 0.4) is 0 Å². The van der Waals surface area contributed by atoms with Gasteiger partial charge in [0.1, 0.15) is 0 Å². The van der Waals surface area contributed by atoms with E-state index in [1.165, 1.54) is 12.8 Å². The van der Waals surface area contributed by atoms with E-state index in [-0.39, 0.29) is 5.69 Å². The highest BCUT2D eigenvalue weighted by Crippen LogP contribution is 1.84. The van der Waals surface area contributed by atoms with Gasteiger partial charge in [0, 0.05) is 32.5 Å². The summed E-state index contributed by atoms with van der Waals surface area (Å²) in [5, 5.41) is 3.30. The minimum atomic E-state index is 0.0577. The van der Waals surface area contributed by atoms with Gasteiger partial charge in [0.05, 0.1) is 0 Å². The van der Waals surface area contributed by atoms with Crippen LogP contribution >= 0.6 is 0 Å². The molecular formula is C10H19N3O. The minimum absolute atomic E-state index is 0.0577. The molecule has 0 bridgehead atoms. The van der Waals surface area contributed by atoms with Gasteiger partial charge in [0.2, 0.25) is 0 Å². The molecule has 0 radical (unpaired) electrons. The predicted molar refractivity (Wildman–Crippen MR) is 57.5 cm³/mol. The highest BCUT2D eigenvalue weighted by molar-refractivity contribution is 4.79. The van der Waals surface area contributed by atoms with Crippen LogP contribution in [0.25, 0.3) is 0 Å². The number of nitrogens with one attached hydrogen (secondary N) is 1. The number of nitrogens with zero attached hydrogens (tertiary/aromatic N) is 2. The summed E-state index contributed by atoms with van der Waals surface area (Å²) in [4.78, 5) is 11.4. The van der Waals surface area contributed by atoms with Crippen molar-refractivity contribution in [1.29, 1.82) is 0 Å². The average Bonchev–Trinajstić information content (AvgIpc) is 2.49. The molecule has 4 heteroatoms. The summed E-state index contributed by atoms with van der Waals surface area (Å²) >= 11 is 0. The summed E-state index contributed by atoms with van der Waals surface area (Å²) < 4.78 is 3.31. The molecule has 0 saturated heterocycles. The number of imidazole rings is 1. The quantitative estimate of drug-likeness (QED) is 0.677. The van der Waals surface area contributed by atoms with Crippen LogP contribution in [0.2, 0.25) is 0 Å². The fourth-order valence-electron chi connectivity index (χ4n) is 1.31. The van der Waals surface area contributed by atoms with Crippen molar-refractivity contribution in [1.82, 2.24) is 14.5 Å². The van der Waals surface area contributed by atoms with Gasteiger partial charge in [0.25, 0.3) is 0 Å². The second kappa shape index (κ2) is 5.65. The van der Waals surface area contributed by atoms with E-state index in [0.29, 0.717) is 0 Å². The van der Waals surface area contributed by atoms with Crippen molar-refractivity contribution in [3.05, 3.63) is 22.9 Å². The Hall–Kier alpha value is -1.03. The van der Waals surface area contributed by atoms with Crippen molar-refractivity contribution in [2.45, 2.75) is 26.3 Å². The monoisotopic (exact) mass is 197 g/mol. The Morgan fingerprint density at radius 2 is 2.14 bits per heavy atom. The van der Waals surface area contributed by atoms with Gasteiger partial charge in [-0.15, -0.1) is 0 Å². The zero-order valence-corrected chi connectivity index (χ0v) is 8.99. The lowest BCUT2D eigenvalue weighted by molar-refractivity contribution is 0.565. The first-order valence-electron chi connectivity index (χ1n) is 5.18. The van der Waals surface area contributed by atoms with Crippen molar-refractivity contribution in [3.8, 4) is 0 Å². The molecular weight excluding hydrogens is 178 g/mol. The first kappa shape index (κ1) is 11.0. The van der Waals surface area contributed by atoms with Crippen LogP contribution in [0.4, 0.5) is 0 Å². The highest BCUT2D eigenvalue weighted by atomic mass is 16.1. The summed E-state index contributed by atoms with van der Waals surface area (Å²) in [6.07, 6.45) is 6.01. The SMILES string of the molecule is CCCCNCCn1ccn(C)c1=O. The molecule has 0 unspecified atom stereocenters. The molecule has 0 spiro atoms. The number of hydrogen-bond acceptors (Lipinski definition) is 2. The molecule has 1 rings (SSSR count). The van der Waals surface area contributed by atoms with Crippen LogP contribution in [-0.2, 0) is 13.6 Å². The lowest BCUT2D eigenvalue weighted by Gasteiger charge is -2.03. The van der Waals surface area contributed by atoms with Gasteiger partial charge in [-0.1, -0.05) is 13.3 Å². The summed E-state index contributed by atoms with van der Waals surface area (Å²) in [5.41, 5.74) is 0.0577. The molecule has 4 nitrogen and oxygen atoms in total. The van der Waals surface area contributed by atoms with Gasteiger partial charge >= 0.3 is 5.69 Å².